The molecule has 1 N–H and O–H groups in total. The number of hydrogen-bond acceptors (Lipinski definition) is 2. The van der Waals surface area contributed by atoms with Crippen LogP contribution in [0.5, 0.6) is 0 Å². The first-order chi connectivity index (χ1) is 6.15. The van der Waals surface area contributed by atoms with Gasteiger partial charge in [0.2, 0.25) is 5.91 Å². The van der Waals surface area contributed by atoms with Gasteiger partial charge in [0.25, 0.3) is 0 Å². The summed E-state index contributed by atoms with van der Waals surface area (Å²) in [4.78, 5) is 13.2. The second-order valence-electron chi connectivity index (χ2n) is 3.82. The quantitative estimate of drug-likeness (QED) is 0.701. The van der Waals surface area contributed by atoms with Crippen molar-refractivity contribution in [2.45, 2.75) is 51.2 Å². The van der Waals surface area contributed by atoms with E-state index in [9.17, 15) is 9.90 Å². The van der Waals surface area contributed by atoms with Crippen LogP contribution < -0.4 is 0 Å². The summed E-state index contributed by atoms with van der Waals surface area (Å²) in [5, 5.41) is 9.30. The van der Waals surface area contributed by atoms with E-state index in [0.29, 0.717) is 12.5 Å². The van der Waals surface area contributed by atoms with E-state index in [-0.39, 0.29) is 12.0 Å². The first kappa shape index (κ1) is 10.5. The van der Waals surface area contributed by atoms with E-state index in [2.05, 4.69) is 0 Å². The van der Waals surface area contributed by atoms with E-state index < -0.39 is 0 Å². The van der Waals surface area contributed by atoms with Crippen LogP contribution in [0, 0.1) is 0 Å². The number of hydrogen-bond donors (Lipinski definition) is 1. The minimum atomic E-state index is -0.138. The van der Waals surface area contributed by atoms with Crippen LogP contribution in [-0.2, 0) is 4.79 Å². The molecular formula is C10H19NO2. The van der Waals surface area contributed by atoms with Gasteiger partial charge in [-0.05, 0) is 25.7 Å². The van der Waals surface area contributed by atoms with Gasteiger partial charge < -0.3 is 10.0 Å². The summed E-state index contributed by atoms with van der Waals surface area (Å²) in [5.41, 5.74) is 0. The fraction of sp³-hybridized carbons (Fsp3) is 0.900. The highest BCUT2D eigenvalue weighted by Crippen LogP contribution is 2.22. The highest BCUT2D eigenvalue weighted by molar-refractivity contribution is 5.75. The fourth-order valence-electron chi connectivity index (χ4n) is 1.90. The van der Waals surface area contributed by atoms with Gasteiger partial charge in [-0.15, -0.1) is 0 Å². The Bertz CT molecular complexity index is 174. The molecule has 1 aliphatic rings. The fourth-order valence-corrected chi connectivity index (χ4v) is 1.90. The van der Waals surface area contributed by atoms with Crippen LogP contribution in [0.25, 0.3) is 0 Å². The van der Waals surface area contributed by atoms with E-state index in [1.54, 1.807) is 0 Å². The highest BCUT2D eigenvalue weighted by atomic mass is 16.3. The van der Waals surface area contributed by atoms with Crippen LogP contribution in [-0.4, -0.2) is 35.1 Å². The van der Waals surface area contributed by atoms with Crippen LogP contribution in [0.1, 0.15) is 39.0 Å². The van der Waals surface area contributed by atoms with Crippen molar-refractivity contribution >= 4 is 5.91 Å². The van der Waals surface area contributed by atoms with Crippen LogP contribution in [0.3, 0.4) is 0 Å². The van der Waals surface area contributed by atoms with Crippen LogP contribution in [0.4, 0.5) is 0 Å². The Morgan fingerprint density at radius 1 is 1.38 bits per heavy atom. The van der Waals surface area contributed by atoms with Crippen LogP contribution in [0.2, 0.25) is 0 Å². The Kier molecular flexibility index (Phi) is 3.72. The molecule has 0 unspecified atom stereocenters. The molecule has 0 aromatic carbocycles. The third-order valence-corrected chi connectivity index (χ3v) is 2.91. The maximum atomic E-state index is 11.4. The molecule has 0 aromatic heterocycles. The van der Waals surface area contributed by atoms with Crippen LogP contribution in [0.15, 0.2) is 0 Å². The molecule has 1 saturated carbocycles. The Morgan fingerprint density at radius 2 is 1.92 bits per heavy atom. The molecule has 3 heteroatoms. The molecule has 0 aromatic rings. The number of amides is 1. The zero-order valence-electron chi connectivity index (χ0n) is 8.49. The summed E-state index contributed by atoms with van der Waals surface area (Å²) < 4.78 is 0. The number of nitrogens with zero attached hydrogens (tertiary/aromatic N) is 1. The average molecular weight is 185 g/mol. The first-order valence-electron chi connectivity index (χ1n) is 5.08. The predicted octanol–water partition coefficient (Wildman–Crippen LogP) is 1.16. The Labute approximate surface area is 79.7 Å². The second-order valence-corrected chi connectivity index (χ2v) is 3.82. The van der Waals surface area contributed by atoms with Gasteiger partial charge in [0.1, 0.15) is 0 Å². The van der Waals surface area contributed by atoms with Crippen molar-refractivity contribution in [2.24, 2.45) is 0 Å². The van der Waals surface area contributed by atoms with Gasteiger partial charge in [-0.1, -0.05) is 6.92 Å². The normalized spacial score (nSPS) is 28.5. The summed E-state index contributed by atoms with van der Waals surface area (Å²) in [6.07, 6.45) is 4.02. The summed E-state index contributed by atoms with van der Waals surface area (Å²) in [7, 11) is 1.87. The summed E-state index contributed by atoms with van der Waals surface area (Å²) >= 11 is 0. The minimum absolute atomic E-state index is 0.138. The van der Waals surface area contributed by atoms with Crippen molar-refractivity contribution in [3.05, 3.63) is 0 Å². The van der Waals surface area contributed by atoms with Gasteiger partial charge >= 0.3 is 0 Å². The van der Waals surface area contributed by atoms with Gasteiger partial charge in [-0.3, -0.25) is 4.79 Å². The third-order valence-electron chi connectivity index (χ3n) is 2.91. The van der Waals surface area contributed by atoms with Gasteiger partial charge in [-0.25, -0.2) is 0 Å². The summed E-state index contributed by atoms with van der Waals surface area (Å²) in [6, 6.07) is 0.357. The molecule has 1 aliphatic carbocycles. The molecule has 76 valence electrons. The SMILES string of the molecule is CCC(=O)N(C)C1CCC(O)CC1. The predicted molar refractivity (Wildman–Crippen MR) is 51.3 cm³/mol. The lowest BCUT2D eigenvalue weighted by molar-refractivity contribution is -0.132. The summed E-state index contributed by atoms with van der Waals surface area (Å²) in [6.45, 7) is 1.89. The average Bonchev–Trinajstić information content (AvgIpc) is 2.17. The van der Waals surface area contributed by atoms with Gasteiger partial charge in [0, 0.05) is 19.5 Å². The molecule has 0 saturated heterocycles. The summed E-state index contributed by atoms with van der Waals surface area (Å²) in [5.74, 6) is 0.210. The van der Waals surface area contributed by atoms with E-state index in [4.69, 9.17) is 0 Å². The highest BCUT2D eigenvalue weighted by Gasteiger charge is 2.24. The van der Waals surface area contributed by atoms with Crippen molar-refractivity contribution in [3.63, 3.8) is 0 Å². The van der Waals surface area contributed by atoms with Crippen LogP contribution >= 0.6 is 0 Å². The molecule has 1 fully saturated rings. The molecule has 0 aliphatic heterocycles. The van der Waals surface area contributed by atoms with Crippen molar-refractivity contribution in [2.75, 3.05) is 7.05 Å². The van der Waals surface area contributed by atoms with E-state index in [0.717, 1.165) is 25.7 Å². The van der Waals surface area contributed by atoms with Crippen molar-refractivity contribution in [1.29, 1.82) is 0 Å². The number of aliphatic hydroxyl groups is 1. The third kappa shape index (κ3) is 2.69. The molecule has 1 amide bonds. The molecule has 0 heterocycles. The number of rotatable bonds is 2. The monoisotopic (exact) mass is 185 g/mol. The van der Waals surface area contributed by atoms with Gasteiger partial charge in [-0.2, -0.15) is 0 Å². The molecule has 3 nitrogen and oxygen atoms in total. The minimum Gasteiger partial charge on any atom is -0.393 e. The molecule has 0 bridgehead atoms. The van der Waals surface area contributed by atoms with E-state index in [1.165, 1.54) is 0 Å². The Morgan fingerprint density at radius 3 is 2.38 bits per heavy atom. The first-order valence-corrected chi connectivity index (χ1v) is 5.08. The smallest absolute Gasteiger partial charge is 0.222 e. The topological polar surface area (TPSA) is 40.5 Å². The van der Waals surface area contributed by atoms with Gasteiger partial charge in [0.05, 0.1) is 6.10 Å². The Balaban J connectivity index is 2.39. The van der Waals surface area contributed by atoms with E-state index >= 15 is 0 Å². The molecule has 0 radical (unpaired) electrons. The molecule has 0 spiro atoms. The zero-order chi connectivity index (χ0) is 9.84. The van der Waals surface area contributed by atoms with Crippen molar-refractivity contribution in [3.8, 4) is 0 Å². The lowest BCUT2D eigenvalue weighted by atomic mass is 9.92. The van der Waals surface area contributed by atoms with Gasteiger partial charge in [0.15, 0.2) is 0 Å². The molecule has 13 heavy (non-hydrogen) atoms. The maximum absolute atomic E-state index is 11.4. The van der Waals surface area contributed by atoms with Crippen molar-refractivity contribution < 1.29 is 9.90 Å². The van der Waals surface area contributed by atoms with Crippen molar-refractivity contribution in [1.82, 2.24) is 4.90 Å². The molecule has 1 rings (SSSR count). The number of carbonyl (C=O) groups excluding carboxylic acids is 1. The molecule has 0 atom stereocenters. The lowest BCUT2D eigenvalue weighted by Gasteiger charge is -2.32. The lowest BCUT2D eigenvalue weighted by Crippen LogP contribution is -2.39. The second kappa shape index (κ2) is 4.61. The number of carbonyl (C=O) groups is 1. The maximum Gasteiger partial charge on any atom is 0.222 e. The Hall–Kier alpha value is -0.570. The standard InChI is InChI=1S/C10H19NO2/c1-3-10(13)11(2)8-4-6-9(12)7-5-8/h8-9,12H,3-7H2,1-2H3. The largest absolute Gasteiger partial charge is 0.393 e. The number of aliphatic hydroxyl groups excluding tert-OH is 1. The zero-order valence-corrected chi connectivity index (χ0v) is 8.49. The van der Waals surface area contributed by atoms with E-state index in [1.807, 2.05) is 18.9 Å². The molecular weight excluding hydrogens is 166 g/mol.